The van der Waals surface area contributed by atoms with E-state index in [1.54, 1.807) is 0 Å². The van der Waals surface area contributed by atoms with E-state index in [2.05, 4.69) is 40.2 Å². The maximum Gasteiger partial charge on any atom is 0.315 e. The molecule has 1 saturated heterocycles. The normalized spacial score (nSPS) is 21.7. The van der Waals surface area contributed by atoms with Gasteiger partial charge in [0.25, 0.3) is 0 Å². The molecule has 0 spiro atoms. The van der Waals surface area contributed by atoms with E-state index in [0.717, 1.165) is 24.3 Å². The summed E-state index contributed by atoms with van der Waals surface area (Å²) in [4.78, 5) is 23.8. The molecule has 1 aliphatic heterocycles. The molecule has 124 valence electrons. The second-order valence-electron chi connectivity index (χ2n) is 6.54. The minimum atomic E-state index is -0.418. The van der Waals surface area contributed by atoms with Crippen molar-refractivity contribution in [2.75, 3.05) is 6.54 Å². The molecule has 2 aliphatic rings. The highest BCUT2D eigenvalue weighted by atomic mass is 16.2. The molecule has 1 unspecified atom stereocenters. The number of amides is 3. The molecule has 0 aromatic heterocycles. The van der Waals surface area contributed by atoms with Gasteiger partial charge in [-0.2, -0.15) is 0 Å². The van der Waals surface area contributed by atoms with E-state index in [4.69, 9.17) is 0 Å². The van der Waals surface area contributed by atoms with Gasteiger partial charge in [-0.3, -0.25) is 4.79 Å². The van der Waals surface area contributed by atoms with E-state index in [1.807, 2.05) is 0 Å². The minimum Gasteiger partial charge on any atom is -0.354 e. The van der Waals surface area contributed by atoms with Gasteiger partial charge < -0.3 is 16.0 Å². The zero-order valence-corrected chi connectivity index (χ0v) is 13.4. The van der Waals surface area contributed by atoms with Gasteiger partial charge in [0.1, 0.15) is 6.04 Å². The Morgan fingerprint density at radius 1 is 1.09 bits per heavy atom. The van der Waals surface area contributed by atoms with Crippen LogP contribution in [-0.4, -0.2) is 24.5 Å². The summed E-state index contributed by atoms with van der Waals surface area (Å²) < 4.78 is 0. The molecular weight excluding hydrogens is 290 g/mol. The largest absolute Gasteiger partial charge is 0.354 e. The lowest BCUT2D eigenvalue weighted by Crippen LogP contribution is -2.48. The molecule has 2 fully saturated rings. The van der Waals surface area contributed by atoms with Crippen LogP contribution in [-0.2, 0) is 11.3 Å². The third-order valence-electron chi connectivity index (χ3n) is 4.85. The van der Waals surface area contributed by atoms with Crippen molar-refractivity contribution in [3.8, 4) is 0 Å². The van der Waals surface area contributed by atoms with Gasteiger partial charge in [0, 0.05) is 13.1 Å². The molecule has 1 aromatic rings. The lowest BCUT2D eigenvalue weighted by atomic mass is 9.80. The van der Waals surface area contributed by atoms with Crippen molar-refractivity contribution in [2.45, 2.75) is 57.0 Å². The Hall–Kier alpha value is -2.04. The highest BCUT2D eigenvalue weighted by Gasteiger charge is 2.22. The zero-order chi connectivity index (χ0) is 16.1. The molecule has 0 bridgehead atoms. The third-order valence-corrected chi connectivity index (χ3v) is 4.85. The number of carbonyl (C=O) groups is 2. The van der Waals surface area contributed by atoms with Crippen LogP contribution in [0.15, 0.2) is 24.3 Å². The van der Waals surface area contributed by atoms with Crippen LogP contribution in [0.4, 0.5) is 4.79 Å². The van der Waals surface area contributed by atoms with Crippen molar-refractivity contribution in [1.82, 2.24) is 16.0 Å². The molecular formula is C18H25N3O2. The van der Waals surface area contributed by atoms with Crippen LogP contribution in [0.25, 0.3) is 0 Å². The molecule has 5 heteroatoms. The monoisotopic (exact) mass is 315 g/mol. The molecule has 1 saturated carbocycles. The van der Waals surface area contributed by atoms with Crippen LogP contribution >= 0.6 is 0 Å². The quantitative estimate of drug-likeness (QED) is 0.798. The number of carbonyl (C=O) groups excluding carboxylic acids is 2. The number of nitrogens with one attached hydrogen (secondary N) is 3. The van der Waals surface area contributed by atoms with Crippen LogP contribution in [0.2, 0.25) is 0 Å². The first-order valence-corrected chi connectivity index (χ1v) is 8.63. The van der Waals surface area contributed by atoms with E-state index in [9.17, 15) is 9.59 Å². The van der Waals surface area contributed by atoms with Crippen LogP contribution in [0, 0.1) is 0 Å². The van der Waals surface area contributed by atoms with Gasteiger partial charge in [0.2, 0.25) is 5.91 Å². The maximum atomic E-state index is 12.0. The predicted octanol–water partition coefficient (Wildman–Crippen LogP) is 2.42. The summed E-state index contributed by atoms with van der Waals surface area (Å²) in [7, 11) is 0. The van der Waals surface area contributed by atoms with E-state index < -0.39 is 6.04 Å². The fraction of sp³-hybridized carbons (Fsp3) is 0.556. The van der Waals surface area contributed by atoms with Crippen molar-refractivity contribution in [2.24, 2.45) is 0 Å². The molecule has 5 nitrogen and oxygen atoms in total. The van der Waals surface area contributed by atoms with Gasteiger partial charge in [-0.25, -0.2) is 4.79 Å². The molecule has 23 heavy (non-hydrogen) atoms. The van der Waals surface area contributed by atoms with Crippen LogP contribution in [0.5, 0.6) is 0 Å². The standard InChI is InChI=1S/C18H25N3O2/c22-17-16(6-1-2-11-19-17)21-18(23)20-12-13-7-9-15(10-8-13)14-4-3-5-14/h7-10,14,16H,1-6,11-12H2,(H,19,22)(H2,20,21,23). The fourth-order valence-electron chi connectivity index (χ4n) is 3.12. The average molecular weight is 315 g/mol. The number of urea groups is 1. The molecule has 1 atom stereocenters. The van der Waals surface area contributed by atoms with Gasteiger partial charge in [-0.05, 0) is 49.1 Å². The van der Waals surface area contributed by atoms with E-state index in [-0.39, 0.29) is 11.9 Å². The highest BCUT2D eigenvalue weighted by molar-refractivity contribution is 5.87. The van der Waals surface area contributed by atoms with Crippen LogP contribution in [0.3, 0.4) is 0 Å². The molecule has 3 N–H and O–H groups in total. The molecule has 1 aliphatic carbocycles. The van der Waals surface area contributed by atoms with Crippen LogP contribution < -0.4 is 16.0 Å². The van der Waals surface area contributed by atoms with Crippen molar-refractivity contribution >= 4 is 11.9 Å². The Bertz CT molecular complexity index is 552. The first-order chi connectivity index (χ1) is 11.2. The summed E-state index contributed by atoms with van der Waals surface area (Å²) in [6.45, 7) is 1.18. The topological polar surface area (TPSA) is 70.2 Å². The third kappa shape index (κ3) is 4.24. The average Bonchev–Trinajstić information content (AvgIpc) is 2.70. The lowest BCUT2D eigenvalue weighted by Gasteiger charge is -2.25. The van der Waals surface area contributed by atoms with Gasteiger partial charge in [-0.1, -0.05) is 30.7 Å². The highest BCUT2D eigenvalue weighted by Crippen LogP contribution is 2.36. The first-order valence-electron chi connectivity index (χ1n) is 8.63. The van der Waals surface area contributed by atoms with Crippen LogP contribution in [0.1, 0.15) is 55.6 Å². The van der Waals surface area contributed by atoms with Crippen molar-refractivity contribution in [3.05, 3.63) is 35.4 Å². The number of hydrogen-bond acceptors (Lipinski definition) is 2. The molecule has 3 amide bonds. The molecule has 3 rings (SSSR count). The van der Waals surface area contributed by atoms with E-state index in [1.165, 1.54) is 24.8 Å². The summed E-state index contributed by atoms with van der Waals surface area (Å²) in [5, 5.41) is 8.42. The Kier molecular flexibility index (Phi) is 5.16. The van der Waals surface area contributed by atoms with E-state index in [0.29, 0.717) is 19.5 Å². The van der Waals surface area contributed by atoms with Gasteiger partial charge in [0.15, 0.2) is 0 Å². The summed E-state index contributed by atoms with van der Waals surface area (Å²) in [6, 6.07) is 7.78. The molecule has 0 radical (unpaired) electrons. The predicted molar refractivity (Wildman–Crippen MR) is 89.1 cm³/mol. The Morgan fingerprint density at radius 2 is 1.87 bits per heavy atom. The van der Waals surface area contributed by atoms with Gasteiger partial charge in [0.05, 0.1) is 0 Å². The fourth-order valence-corrected chi connectivity index (χ4v) is 3.12. The zero-order valence-electron chi connectivity index (χ0n) is 13.4. The second kappa shape index (κ2) is 7.49. The smallest absolute Gasteiger partial charge is 0.315 e. The first kappa shape index (κ1) is 15.8. The summed E-state index contributed by atoms with van der Waals surface area (Å²) in [5.74, 6) is 0.650. The number of hydrogen-bond donors (Lipinski definition) is 3. The lowest BCUT2D eigenvalue weighted by molar-refractivity contribution is -0.122. The Labute approximate surface area is 137 Å². The van der Waals surface area contributed by atoms with Gasteiger partial charge in [-0.15, -0.1) is 0 Å². The summed E-state index contributed by atoms with van der Waals surface area (Å²) >= 11 is 0. The summed E-state index contributed by atoms with van der Waals surface area (Å²) in [6.07, 6.45) is 6.55. The Balaban J connectivity index is 1.45. The van der Waals surface area contributed by atoms with Gasteiger partial charge >= 0.3 is 6.03 Å². The Morgan fingerprint density at radius 3 is 2.57 bits per heavy atom. The molecule has 1 aromatic carbocycles. The maximum absolute atomic E-state index is 12.0. The van der Waals surface area contributed by atoms with Crippen molar-refractivity contribution < 1.29 is 9.59 Å². The van der Waals surface area contributed by atoms with Crippen molar-refractivity contribution in [1.29, 1.82) is 0 Å². The second-order valence-corrected chi connectivity index (χ2v) is 6.54. The molecule has 1 heterocycles. The number of benzene rings is 1. The summed E-state index contributed by atoms with van der Waals surface area (Å²) in [5.41, 5.74) is 2.48. The van der Waals surface area contributed by atoms with E-state index >= 15 is 0 Å². The van der Waals surface area contributed by atoms with Crippen molar-refractivity contribution in [3.63, 3.8) is 0 Å². The number of rotatable bonds is 4. The SMILES string of the molecule is O=C(NCc1ccc(C2CCC2)cc1)NC1CCCCNC1=O. The minimum absolute atomic E-state index is 0.0810.